The number of carbonyl (C=O) groups excluding carboxylic acids is 3. The summed E-state index contributed by atoms with van der Waals surface area (Å²) in [4.78, 5) is 42.4. The van der Waals surface area contributed by atoms with Gasteiger partial charge in [0.25, 0.3) is 5.91 Å². The van der Waals surface area contributed by atoms with Crippen LogP contribution in [0.1, 0.15) is 38.5 Å². The zero-order chi connectivity index (χ0) is 25.9. The molecule has 4 aromatic carbocycles. The zero-order valence-corrected chi connectivity index (χ0v) is 20.3. The lowest BCUT2D eigenvalue weighted by Gasteiger charge is -2.52. The van der Waals surface area contributed by atoms with E-state index in [1.807, 2.05) is 72.8 Å². The van der Waals surface area contributed by atoms with Gasteiger partial charge in [-0.15, -0.1) is 0 Å². The molecule has 0 aromatic heterocycles. The summed E-state index contributed by atoms with van der Waals surface area (Å²) in [5.41, 5.74) is 6.60. The van der Waals surface area contributed by atoms with Crippen molar-refractivity contribution in [2.45, 2.75) is 11.3 Å². The number of amides is 3. The predicted molar refractivity (Wildman–Crippen MR) is 144 cm³/mol. The van der Waals surface area contributed by atoms with Crippen LogP contribution >= 0.6 is 0 Å². The van der Waals surface area contributed by atoms with E-state index in [9.17, 15) is 14.4 Å². The van der Waals surface area contributed by atoms with Crippen LogP contribution in [0.3, 0.4) is 0 Å². The summed E-state index contributed by atoms with van der Waals surface area (Å²) in [6, 6.07) is 33.9. The van der Waals surface area contributed by atoms with E-state index < -0.39 is 17.3 Å². The number of imide groups is 1. The van der Waals surface area contributed by atoms with Gasteiger partial charge in [-0.1, -0.05) is 84.9 Å². The van der Waals surface area contributed by atoms with Crippen LogP contribution in [0.2, 0.25) is 0 Å². The molecule has 3 amide bonds. The van der Waals surface area contributed by atoms with E-state index in [4.69, 9.17) is 0 Å². The summed E-state index contributed by atoms with van der Waals surface area (Å²) in [6.45, 7) is 0. The zero-order valence-electron chi connectivity index (χ0n) is 20.3. The van der Waals surface area contributed by atoms with E-state index >= 15 is 0 Å². The molecule has 4 aliphatic rings. The van der Waals surface area contributed by atoms with Gasteiger partial charge in [0, 0.05) is 17.7 Å². The fourth-order valence-electron chi connectivity index (χ4n) is 6.73. The summed E-state index contributed by atoms with van der Waals surface area (Å²) in [6.07, 6.45) is 1.68. The third kappa shape index (κ3) is 2.94. The topological polar surface area (TPSA) is 78.8 Å². The SMILES string of the molecule is O=C(N/N=C\C12c3ccccc3C(c3ccccc31)[C@@H]1C(=O)N(c3ccccc3)C(=O)[C@@H]12)c1ccccc1. The molecule has 0 saturated carbocycles. The van der Waals surface area contributed by atoms with Gasteiger partial charge in [0.05, 0.1) is 22.9 Å². The predicted octanol–water partition coefficient (Wildman–Crippen LogP) is 4.65. The van der Waals surface area contributed by atoms with Crippen molar-refractivity contribution < 1.29 is 14.4 Å². The Bertz CT molecular complexity index is 1580. The molecule has 6 heteroatoms. The minimum atomic E-state index is -1.02. The second kappa shape index (κ2) is 8.35. The molecular weight excluding hydrogens is 474 g/mol. The van der Waals surface area contributed by atoms with Crippen molar-refractivity contribution in [3.63, 3.8) is 0 Å². The first-order chi connectivity index (χ1) is 18.6. The Morgan fingerprint density at radius 1 is 0.737 bits per heavy atom. The maximum atomic E-state index is 14.2. The van der Waals surface area contributed by atoms with Crippen molar-refractivity contribution >= 4 is 29.6 Å². The Kier molecular flexibility index (Phi) is 4.91. The summed E-state index contributed by atoms with van der Waals surface area (Å²) in [7, 11) is 0. The summed E-state index contributed by atoms with van der Waals surface area (Å²) < 4.78 is 0. The lowest BCUT2D eigenvalue weighted by Crippen LogP contribution is -2.54. The Balaban J connectivity index is 1.42. The van der Waals surface area contributed by atoms with Crippen LogP contribution < -0.4 is 10.3 Å². The highest BCUT2D eigenvalue weighted by atomic mass is 16.2. The number of rotatable bonds is 4. The maximum Gasteiger partial charge on any atom is 0.271 e. The van der Waals surface area contributed by atoms with Crippen LogP contribution in [0.5, 0.6) is 0 Å². The molecule has 3 aliphatic carbocycles. The van der Waals surface area contributed by atoms with Crippen molar-refractivity contribution in [2.75, 3.05) is 4.90 Å². The number of anilines is 1. The number of nitrogens with one attached hydrogen (secondary N) is 1. The number of carbonyl (C=O) groups is 3. The van der Waals surface area contributed by atoms with Crippen molar-refractivity contribution in [3.05, 3.63) is 137 Å². The van der Waals surface area contributed by atoms with Gasteiger partial charge in [-0.25, -0.2) is 10.3 Å². The van der Waals surface area contributed by atoms with E-state index in [2.05, 4.69) is 10.5 Å². The van der Waals surface area contributed by atoms with Crippen LogP contribution in [-0.4, -0.2) is 23.9 Å². The highest BCUT2D eigenvalue weighted by Crippen LogP contribution is 2.63. The second-order valence-electron chi connectivity index (χ2n) is 9.94. The largest absolute Gasteiger partial charge is 0.274 e. The van der Waals surface area contributed by atoms with Crippen molar-refractivity contribution in [2.24, 2.45) is 16.9 Å². The van der Waals surface area contributed by atoms with Gasteiger partial charge in [-0.3, -0.25) is 14.4 Å². The molecule has 8 rings (SSSR count). The standard InChI is InChI=1S/C32H23N3O3/c36-29(20-11-3-1-4-12-20)34-33-19-32-24-17-9-7-15-22(24)26(23-16-8-10-18-25(23)32)27-28(32)31(38)35(30(27)37)21-13-5-2-6-14-21/h1-19,26-28H,(H,34,36)/b33-19-/t26?,27-,28+,32?/m0/s1. The van der Waals surface area contributed by atoms with Gasteiger partial charge < -0.3 is 0 Å². The number of hydrazone groups is 1. The molecule has 1 N–H and O–H groups in total. The Hall–Kier alpha value is -4.84. The lowest BCUT2D eigenvalue weighted by atomic mass is 9.47. The maximum absolute atomic E-state index is 14.2. The molecule has 1 aliphatic heterocycles. The number of para-hydroxylation sites is 1. The van der Waals surface area contributed by atoms with Crippen LogP contribution in [0.25, 0.3) is 0 Å². The van der Waals surface area contributed by atoms with Crippen LogP contribution in [0.4, 0.5) is 5.69 Å². The van der Waals surface area contributed by atoms with Crippen molar-refractivity contribution in [1.82, 2.24) is 5.43 Å². The molecule has 2 bridgehead atoms. The third-order valence-corrected chi connectivity index (χ3v) is 8.17. The molecule has 0 spiro atoms. The van der Waals surface area contributed by atoms with Gasteiger partial charge >= 0.3 is 0 Å². The van der Waals surface area contributed by atoms with E-state index in [0.29, 0.717) is 11.3 Å². The monoisotopic (exact) mass is 497 g/mol. The minimum Gasteiger partial charge on any atom is -0.274 e. The van der Waals surface area contributed by atoms with E-state index in [0.717, 1.165) is 22.3 Å². The fraction of sp³-hybridized carbons (Fsp3) is 0.125. The first-order valence-electron chi connectivity index (χ1n) is 12.6. The number of benzene rings is 4. The molecule has 1 saturated heterocycles. The summed E-state index contributed by atoms with van der Waals surface area (Å²) in [5, 5.41) is 4.45. The molecule has 2 atom stereocenters. The average molecular weight is 498 g/mol. The van der Waals surface area contributed by atoms with Gasteiger partial charge in [0.15, 0.2) is 0 Å². The van der Waals surface area contributed by atoms with Gasteiger partial charge in [-0.05, 0) is 46.5 Å². The Morgan fingerprint density at radius 3 is 1.92 bits per heavy atom. The second-order valence-corrected chi connectivity index (χ2v) is 9.94. The van der Waals surface area contributed by atoms with E-state index in [1.54, 1.807) is 42.6 Å². The lowest BCUT2D eigenvalue weighted by molar-refractivity contribution is -0.122. The Labute approximate surface area is 219 Å². The molecule has 1 heterocycles. The van der Waals surface area contributed by atoms with Crippen molar-refractivity contribution in [3.8, 4) is 0 Å². The van der Waals surface area contributed by atoms with Crippen molar-refractivity contribution in [1.29, 1.82) is 0 Å². The molecule has 0 radical (unpaired) electrons. The first kappa shape index (κ1) is 22.4. The molecule has 0 unspecified atom stereocenters. The molecule has 1 fully saturated rings. The molecule has 184 valence electrons. The Morgan fingerprint density at radius 2 is 1.29 bits per heavy atom. The average Bonchev–Trinajstić information content (AvgIpc) is 3.24. The quantitative estimate of drug-likeness (QED) is 0.253. The molecular formula is C32H23N3O3. The first-order valence-corrected chi connectivity index (χ1v) is 12.6. The normalized spacial score (nSPS) is 24.7. The molecule has 6 nitrogen and oxygen atoms in total. The minimum absolute atomic E-state index is 0.202. The number of nitrogens with zero attached hydrogens (tertiary/aromatic N) is 2. The van der Waals surface area contributed by atoms with E-state index in [1.165, 1.54) is 4.90 Å². The number of hydrogen-bond acceptors (Lipinski definition) is 4. The van der Waals surface area contributed by atoms with Gasteiger partial charge in [0.1, 0.15) is 0 Å². The van der Waals surface area contributed by atoms with Gasteiger partial charge in [-0.2, -0.15) is 5.10 Å². The fourth-order valence-corrected chi connectivity index (χ4v) is 6.73. The molecule has 4 aromatic rings. The number of hydrogen-bond donors (Lipinski definition) is 1. The summed E-state index contributed by atoms with van der Waals surface area (Å²) >= 11 is 0. The van der Waals surface area contributed by atoms with E-state index in [-0.39, 0.29) is 23.6 Å². The highest BCUT2D eigenvalue weighted by molar-refractivity contribution is 6.25. The van der Waals surface area contributed by atoms with Crippen LogP contribution in [0, 0.1) is 11.8 Å². The molecule has 38 heavy (non-hydrogen) atoms. The summed E-state index contributed by atoms with van der Waals surface area (Å²) in [5.74, 6) is -2.31. The van der Waals surface area contributed by atoms with Crippen LogP contribution in [0.15, 0.2) is 114 Å². The van der Waals surface area contributed by atoms with Gasteiger partial charge in [0.2, 0.25) is 11.8 Å². The third-order valence-electron chi connectivity index (χ3n) is 8.17. The smallest absolute Gasteiger partial charge is 0.271 e. The highest BCUT2D eigenvalue weighted by Gasteiger charge is 2.68. The van der Waals surface area contributed by atoms with Crippen LogP contribution in [-0.2, 0) is 15.0 Å².